The van der Waals surface area contributed by atoms with Gasteiger partial charge in [0.05, 0.1) is 22.8 Å². The van der Waals surface area contributed by atoms with Crippen molar-refractivity contribution in [1.82, 2.24) is 9.97 Å². The summed E-state index contributed by atoms with van der Waals surface area (Å²) in [6.45, 7) is 2.05. The molecule has 1 heterocycles. The number of aromatic nitrogens is 2. The standard InChI is InChI=1S/C16H11N3/c1-11-2-7-15-14(8-11)16(19-10-18-15)13-5-3-12(9-17)4-6-13/h2-8,10H,1H3. The van der Waals surface area contributed by atoms with Crippen LogP contribution in [0.2, 0.25) is 0 Å². The molecule has 3 nitrogen and oxygen atoms in total. The monoisotopic (exact) mass is 245 g/mol. The summed E-state index contributed by atoms with van der Waals surface area (Å²) in [4.78, 5) is 8.66. The van der Waals surface area contributed by atoms with Gasteiger partial charge < -0.3 is 0 Å². The highest BCUT2D eigenvalue weighted by Gasteiger charge is 2.06. The smallest absolute Gasteiger partial charge is 0.116 e. The van der Waals surface area contributed by atoms with Crippen molar-refractivity contribution in [3.63, 3.8) is 0 Å². The van der Waals surface area contributed by atoms with Crippen molar-refractivity contribution in [2.24, 2.45) is 0 Å². The maximum atomic E-state index is 8.83. The van der Waals surface area contributed by atoms with Crippen molar-refractivity contribution in [3.8, 4) is 17.3 Å². The molecule has 0 aliphatic rings. The summed E-state index contributed by atoms with van der Waals surface area (Å²) in [5.74, 6) is 0. The molecule has 2 aromatic carbocycles. The normalized spacial score (nSPS) is 10.3. The highest BCUT2D eigenvalue weighted by Crippen LogP contribution is 2.26. The van der Waals surface area contributed by atoms with Gasteiger partial charge in [-0.25, -0.2) is 9.97 Å². The molecule has 90 valence electrons. The van der Waals surface area contributed by atoms with E-state index in [9.17, 15) is 0 Å². The molecule has 0 atom stereocenters. The zero-order valence-electron chi connectivity index (χ0n) is 10.5. The first-order chi connectivity index (χ1) is 9.28. The van der Waals surface area contributed by atoms with E-state index >= 15 is 0 Å². The lowest BCUT2D eigenvalue weighted by molar-refractivity contribution is 1.22. The third-order valence-corrected chi connectivity index (χ3v) is 3.08. The zero-order chi connectivity index (χ0) is 13.2. The van der Waals surface area contributed by atoms with Gasteiger partial charge in [0.15, 0.2) is 0 Å². The molecule has 0 fully saturated rings. The summed E-state index contributed by atoms with van der Waals surface area (Å²) < 4.78 is 0. The number of benzene rings is 2. The Hall–Kier alpha value is -2.73. The quantitative estimate of drug-likeness (QED) is 0.659. The molecular weight excluding hydrogens is 234 g/mol. The Balaban J connectivity index is 2.24. The number of rotatable bonds is 1. The second kappa shape index (κ2) is 4.51. The van der Waals surface area contributed by atoms with Gasteiger partial charge in [-0.3, -0.25) is 0 Å². The highest BCUT2D eigenvalue weighted by atomic mass is 14.8. The fraction of sp³-hybridized carbons (Fsp3) is 0.0625. The summed E-state index contributed by atoms with van der Waals surface area (Å²) in [5.41, 5.74) is 4.66. The van der Waals surface area contributed by atoms with Crippen molar-refractivity contribution in [2.45, 2.75) is 6.92 Å². The zero-order valence-corrected chi connectivity index (χ0v) is 10.5. The van der Waals surface area contributed by atoms with Crippen LogP contribution in [0, 0.1) is 18.3 Å². The van der Waals surface area contributed by atoms with Gasteiger partial charge in [-0.1, -0.05) is 23.8 Å². The lowest BCUT2D eigenvalue weighted by atomic mass is 10.0. The fourth-order valence-corrected chi connectivity index (χ4v) is 2.10. The Bertz CT molecular complexity index is 783. The third kappa shape index (κ3) is 2.04. The van der Waals surface area contributed by atoms with Crippen LogP contribution < -0.4 is 0 Å². The van der Waals surface area contributed by atoms with E-state index in [2.05, 4.69) is 29.0 Å². The van der Waals surface area contributed by atoms with Gasteiger partial charge in [0.1, 0.15) is 6.33 Å². The summed E-state index contributed by atoms with van der Waals surface area (Å²) in [5, 5.41) is 9.87. The molecule has 3 heteroatoms. The van der Waals surface area contributed by atoms with Crippen LogP contribution in [0.25, 0.3) is 22.2 Å². The van der Waals surface area contributed by atoms with Crippen LogP contribution in [0.1, 0.15) is 11.1 Å². The van der Waals surface area contributed by atoms with Crippen LogP contribution >= 0.6 is 0 Å². The average Bonchev–Trinajstić information content (AvgIpc) is 2.47. The minimum absolute atomic E-state index is 0.651. The summed E-state index contributed by atoms with van der Waals surface area (Å²) >= 11 is 0. The Labute approximate surface area is 111 Å². The minimum atomic E-state index is 0.651. The predicted octanol–water partition coefficient (Wildman–Crippen LogP) is 3.48. The van der Waals surface area contributed by atoms with Gasteiger partial charge in [0.2, 0.25) is 0 Å². The molecule has 3 aromatic rings. The number of hydrogen-bond acceptors (Lipinski definition) is 3. The van der Waals surface area contributed by atoms with Gasteiger partial charge >= 0.3 is 0 Å². The van der Waals surface area contributed by atoms with Crippen LogP contribution in [-0.2, 0) is 0 Å². The van der Waals surface area contributed by atoms with E-state index in [4.69, 9.17) is 5.26 Å². The number of nitriles is 1. The molecule has 0 bridgehead atoms. The van der Waals surface area contributed by atoms with Gasteiger partial charge in [-0.15, -0.1) is 0 Å². The molecule has 1 aromatic heterocycles. The Kier molecular flexibility index (Phi) is 2.70. The maximum Gasteiger partial charge on any atom is 0.116 e. The second-order valence-electron chi connectivity index (χ2n) is 4.43. The lowest BCUT2D eigenvalue weighted by Crippen LogP contribution is -1.89. The van der Waals surface area contributed by atoms with Crippen LogP contribution in [0.4, 0.5) is 0 Å². The lowest BCUT2D eigenvalue weighted by Gasteiger charge is -2.06. The van der Waals surface area contributed by atoms with E-state index in [-0.39, 0.29) is 0 Å². The van der Waals surface area contributed by atoms with Gasteiger partial charge in [-0.05, 0) is 31.2 Å². The van der Waals surface area contributed by atoms with Gasteiger partial charge in [0, 0.05) is 10.9 Å². The molecular formula is C16H11N3. The molecule has 0 saturated carbocycles. The first kappa shape index (κ1) is 11.4. The van der Waals surface area contributed by atoms with Crippen molar-refractivity contribution < 1.29 is 0 Å². The van der Waals surface area contributed by atoms with Crippen molar-refractivity contribution in [1.29, 1.82) is 5.26 Å². The first-order valence-corrected chi connectivity index (χ1v) is 6.00. The second-order valence-corrected chi connectivity index (χ2v) is 4.43. The molecule has 0 saturated heterocycles. The van der Waals surface area contributed by atoms with Crippen molar-refractivity contribution in [3.05, 3.63) is 59.9 Å². The molecule has 0 N–H and O–H groups in total. The van der Waals surface area contributed by atoms with E-state index in [0.29, 0.717) is 5.56 Å². The van der Waals surface area contributed by atoms with E-state index in [0.717, 1.165) is 22.2 Å². The first-order valence-electron chi connectivity index (χ1n) is 6.00. The maximum absolute atomic E-state index is 8.83. The van der Waals surface area contributed by atoms with E-state index in [1.54, 1.807) is 18.5 Å². The summed E-state index contributed by atoms with van der Waals surface area (Å²) in [6.07, 6.45) is 1.57. The average molecular weight is 245 g/mol. The van der Waals surface area contributed by atoms with Gasteiger partial charge in [-0.2, -0.15) is 5.26 Å². The minimum Gasteiger partial charge on any atom is -0.236 e. The van der Waals surface area contributed by atoms with Crippen LogP contribution in [0.15, 0.2) is 48.8 Å². The topological polar surface area (TPSA) is 49.6 Å². The van der Waals surface area contributed by atoms with Crippen LogP contribution in [0.3, 0.4) is 0 Å². The summed E-state index contributed by atoms with van der Waals surface area (Å²) in [6, 6.07) is 15.7. The Morgan fingerprint density at radius 1 is 1.00 bits per heavy atom. The predicted molar refractivity (Wildman–Crippen MR) is 74.4 cm³/mol. The molecule has 0 aliphatic heterocycles. The third-order valence-electron chi connectivity index (χ3n) is 3.08. The van der Waals surface area contributed by atoms with E-state index < -0.39 is 0 Å². The summed E-state index contributed by atoms with van der Waals surface area (Å²) in [7, 11) is 0. The molecule has 0 spiro atoms. The number of hydrogen-bond donors (Lipinski definition) is 0. The molecule has 0 unspecified atom stereocenters. The number of nitrogens with zero attached hydrogens (tertiary/aromatic N) is 3. The Morgan fingerprint density at radius 2 is 1.79 bits per heavy atom. The van der Waals surface area contributed by atoms with Gasteiger partial charge in [0.25, 0.3) is 0 Å². The van der Waals surface area contributed by atoms with Crippen molar-refractivity contribution >= 4 is 10.9 Å². The van der Waals surface area contributed by atoms with Crippen molar-refractivity contribution in [2.75, 3.05) is 0 Å². The highest BCUT2D eigenvalue weighted by molar-refractivity contribution is 5.92. The van der Waals surface area contributed by atoms with Crippen LogP contribution in [-0.4, -0.2) is 9.97 Å². The molecule has 0 radical (unpaired) electrons. The Morgan fingerprint density at radius 3 is 2.53 bits per heavy atom. The molecule has 0 amide bonds. The number of fused-ring (bicyclic) bond motifs is 1. The fourth-order valence-electron chi connectivity index (χ4n) is 2.10. The van der Waals surface area contributed by atoms with Crippen LogP contribution in [0.5, 0.6) is 0 Å². The molecule has 19 heavy (non-hydrogen) atoms. The number of aryl methyl sites for hydroxylation is 1. The molecule has 3 rings (SSSR count). The van der Waals surface area contributed by atoms with E-state index in [1.807, 2.05) is 24.3 Å². The molecule has 0 aliphatic carbocycles. The SMILES string of the molecule is Cc1ccc2ncnc(-c3ccc(C#N)cc3)c2c1. The van der Waals surface area contributed by atoms with E-state index in [1.165, 1.54) is 5.56 Å². The largest absolute Gasteiger partial charge is 0.236 e.